The summed E-state index contributed by atoms with van der Waals surface area (Å²) in [5.74, 6) is 0.823. The minimum atomic E-state index is -0.430. The molecular weight excluding hydrogens is 274 g/mol. The van der Waals surface area contributed by atoms with E-state index in [2.05, 4.69) is 12.1 Å². The Morgan fingerprint density at radius 3 is 2.18 bits per heavy atom. The molecule has 0 aromatic heterocycles. The third-order valence-corrected chi connectivity index (χ3v) is 4.04. The zero-order chi connectivity index (χ0) is 15.4. The van der Waals surface area contributed by atoms with E-state index in [1.165, 1.54) is 5.56 Å². The molecule has 0 radical (unpaired) electrons. The second-order valence-electron chi connectivity index (χ2n) is 5.68. The van der Waals surface area contributed by atoms with Gasteiger partial charge in [-0.25, -0.2) is 0 Å². The Balaban J connectivity index is 1.64. The first-order valence-corrected chi connectivity index (χ1v) is 7.85. The largest absolute Gasteiger partial charge is 0.481 e. The van der Waals surface area contributed by atoms with Gasteiger partial charge in [0.2, 0.25) is 0 Å². The predicted octanol–water partition coefficient (Wildman–Crippen LogP) is 3.74. The summed E-state index contributed by atoms with van der Waals surface area (Å²) in [6, 6.07) is 18.1. The summed E-state index contributed by atoms with van der Waals surface area (Å²) < 4.78 is 5.79. The first-order chi connectivity index (χ1) is 10.7. The maximum atomic E-state index is 12.2. The summed E-state index contributed by atoms with van der Waals surface area (Å²) in [7, 11) is 0. The number of hydrogen-bond donors (Lipinski definition) is 0. The molecule has 0 aliphatic carbocycles. The fraction of sp³-hybridized carbons (Fsp3) is 0.316. The highest BCUT2D eigenvalue weighted by molar-refractivity contribution is 5.81. The van der Waals surface area contributed by atoms with Crippen molar-refractivity contribution in [1.82, 2.24) is 4.90 Å². The van der Waals surface area contributed by atoms with Gasteiger partial charge in [0.1, 0.15) is 5.75 Å². The van der Waals surface area contributed by atoms with Gasteiger partial charge in [-0.2, -0.15) is 0 Å². The normalized spacial score (nSPS) is 15.6. The molecule has 0 bridgehead atoms. The van der Waals surface area contributed by atoms with Crippen LogP contribution in [0.25, 0.3) is 11.1 Å². The summed E-state index contributed by atoms with van der Waals surface area (Å²) >= 11 is 0. The lowest BCUT2D eigenvalue weighted by atomic mass is 10.1. The number of ether oxygens (including phenoxy) is 1. The van der Waals surface area contributed by atoms with Crippen LogP contribution in [0, 0.1) is 0 Å². The van der Waals surface area contributed by atoms with Gasteiger partial charge in [-0.3, -0.25) is 4.79 Å². The van der Waals surface area contributed by atoms with E-state index in [1.54, 1.807) is 0 Å². The zero-order valence-corrected chi connectivity index (χ0v) is 12.9. The van der Waals surface area contributed by atoms with Crippen molar-refractivity contribution in [3.05, 3.63) is 54.6 Å². The van der Waals surface area contributed by atoms with E-state index in [1.807, 2.05) is 54.3 Å². The summed E-state index contributed by atoms with van der Waals surface area (Å²) in [6.07, 6.45) is 1.77. The Morgan fingerprint density at radius 2 is 1.55 bits per heavy atom. The number of carbonyl (C=O) groups is 1. The number of likely N-dealkylation sites (tertiary alicyclic amines) is 1. The molecule has 0 N–H and O–H groups in total. The first kappa shape index (κ1) is 14.6. The van der Waals surface area contributed by atoms with E-state index in [0.717, 1.165) is 37.2 Å². The molecule has 0 unspecified atom stereocenters. The maximum Gasteiger partial charge on any atom is 0.263 e. The van der Waals surface area contributed by atoms with Gasteiger partial charge in [-0.05, 0) is 43.0 Å². The third-order valence-electron chi connectivity index (χ3n) is 4.04. The van der Waals surface area contributed by atoms with E-state index in [4.69, 9.17) is 4.74 Å². The van der Waals surface area contributed by atoms with E-state index in [-0.39, 0.29) is 5.91 Å². The van der Waals surface area contributed by atoms with Gasteiger partial charge in [-0.1, -0.05) is 42.5 Å². The van der Waals surface area contributed by atoms with Gasteiger partial charge in [-0.15, -0.1) is 0 Å². The fourth-order valence-corrected chi connectivity index (χ4v) is 2.81. The van der Waals surface area contributed by atoms with Gasteiger partial charge in [0.15, 0.2) is 6.10 Å². The number of amides is 1. The molecule has 3 rings (SSSR count). The second-order valence-corrected chi connectivity index (χ2v) is 5.68. The van der Waals surface area contributed by atoms with E-state index in [0.29, 0.717) is 0 Å². The molecule has 3 heteroatoms. The van der Waals surface area contributed by atoms with Crippen LogP contribution in [0.2, 0.25) is 0 Å². The minimum absolute atomic E-state index is 0.0876. The number of hydrogen-bond acceptors (Lipinski definition) is 2. The molecule has 2 aromatic carbocycles. The van der Waals surface area contributed by atoms with Crippen LogP contribution in [-0.4, -0.2) is 30.0 Å². The monoisotopic (exact) mass is 295 g/mol. The van der Waals surface area contributed by atoms with Crippen LogP contribution in [0.3, 0.4) is 0 Å². The summed E-state index contributed by atoms with van der Waals surface area (Å²) in [5.41, 5.74) is 2.32. The molecule has 1 amide bonds. The molecule has 114 valence electrons. The van der Waals surface area contributed by atoms with Crippen LogP contribution in [0.5, 0.6) is 5.75 Å². The van der Waals surface area contributed by atoms with Crippen molar-refractivity contribution in [1.29, 1.82) is 0 Å². The predicted molar refractivity (Wildman–Crippen MR) is 87.8 cm³/mol. The number of rotatable bonds is 4. The lowest BCUT2D eigenvalue weighted by Gasteiger charge is -2.21. The molecule has 3 nitrogen and oxygen atoms in total. The molecule has 1 aliphatic rings. The second kappa shape index (κ2) is 6.65. The summed E-state index contributed by atoms with van der Waals surface area (Å²) in [4.78, 5) is 14.1. The molecule has 1 aliphatic heterocycles. The highest BCUT2D eigenvalue weighted by atomic mass is 16.5. The van der Waals surface area contributed by atoms with Crippen LogP contribution in [0.15, 0.2) is 54.6 Å². The van der Waals surface area contributed by atoms with Crippen molar-refractivity contribution in [2.45, 2.75) is 25.9 Å². The van der Waals surface area contributed by atoms with Crippen molar-refractivity contribution in [2.75, 3.05) is 13.1 Å². The summed E-state index contributed by atoms with van der Waals surface area (Å²) in [5, 5.41) is 0. The van der Waals surface area contributed by atoms with E-state index >= 15 is 0 Å². The Bertz CT molecular complexity index is 616. The van der Waals surface area contributed by atoms with Crippen molar-refractivity contribution in [2.24, 2.45) is 0 Å². The van der Waals surface area contributed by atoms with Gasteiger partial charge >= 0.3 is 0 Å². The van der Waals surface area contributed by atoms with Crippen LogP contribution < -0.4 is 4.74 Å². The highest BCUT2D eigenvalue weighted by Crippen LogP contribution is 2.23. The van der Waals surface area contributed by atoms with Crippen molar-refractivity contribution in [3.8, 4) is 16.9 Å². The minimum Gasteiger partial charge on any atom is -0.481 e. The van der Waals surface area contributed by atoms with Gasteiger partial charge in [0.05, 0.1) is 0 Å². The molecule has 2 aromatic rings. The van der Waals surface area contributed by atoms with Crippen LogP contribution in [-0.2, 0) is 4.79 Å². The van der Waals surface area contributed by atoms with Crippen molar-refractivity contribution in [3.63, 3.8) is 0 Å². The average Bonchev–Trinajstić information content (AvgIpc) is 3.10. The molecule has 1 atom stereocenters. The van der Waals surface area contributed by atoms with Crippen LogP contribution in [0.1, 0.15) is 19.8 Å². The van der Waals surface area contributed by atoms with Gasteiger partial charge < -0.3 is 9.64 Å². The molecule has 1 fully saturated rings. The number of nitrogens with zero attached hydrogens (tertiary/aromatic N) is 1. The molecule has 0 spiro atoms. The Morgan fingerprint density at radius 1 is 0.955 bits per heavy atom. The molecular formula is C19H21NO2. The van der Waals surface area contributed by atoms with Gasteiger partial charge in [0.25, 0.3) is 5.91 Å². The summed E-state index contributed by atoms with van der Waals surface area (Å²) in [6.45, 7) is 3.55. The van der Waals surface area contributed by atoms with Crippen LogP contribution >= 0.6 is 0 Å². The Kier molecular flexibility index (Phi) is 4.42. The molecule has 1 saturated heterocycles. The topological polar surface area (TPSA) is 29.5 Å². The molecule has 1 heterocycles. The van der Waals surface area contributed by atoms with Crippen molar-refractivity contribution < 1.29 is 9.53 Å². The fourth-order valence-electron chi connectivity index (χ4n) is 2.81. The standard InChI is InChI=1S/C19H21NO2/c1-15(19(21)20-13-5-6-14-20)22-18-11-9-17(10-12-18)16-7-3-2-4-8-16/h2-4,7-12,15H,5-6,13-14H2,1H3/t15-/m0/s1. The third kappa shape index (κ3) is 3.30. The maximum absolute atomic E-state index is 12.2. The first-order valence-electron chi connectivity index (χ1n) is 7.85. The lowest BCUT2D eigenvalue weighted by Crippen LogP contribution is -2.38. The van der Waals surface area contributed by atoms with Crippen molar-refractivity contribution >= 4 is 5.91 Å². The van der Waals surface area contributed by atoms with E-state index in [9.17, 15) is 4.79 Å². The SMILES string of the molecule is C[C@H](Oc1ccc(-c2ccccc2)cc1)C(=O)N1CCCC1. The number of carbonyl (C=O) groups excluding carboxylic acids is 1. The average molecular weight is 295 g/mol. The zero-order valence-electron chi connectivity index (χ0n) is 12.9. The number of benzene rings is 2. The Labute approximate surface area is 131 Å². The quantitative estimate of drug-likeness (QED) is 0.860. The smallest absolute Gasteiger partial charge is 0.263 e. The highest BCUT2D eigenvalue weighted by Gasteiger charge is 2.24. The van der Waals surface area contributed by atoms with Gasteiger partial charge in [0, 0.05) is 13.1 Å². The molecule has 22 heavy (non-hydrogen) atoms. The van der Waals surface area contributed by atoms with Crippen LogP contribution in [0.4, 0.5) is 0 Å². The lowest BCUT2D eigenvalue weighted by molar-refractivity contribution is -0.136. The Hall–Kier alpha value is -2.29. The van der Waals surface area contributed by atoms with E-state index < -0.39 is 6.10 Å². The molecule has 0 saturated carbocycles.